The number of para-hydroxylation sites is 1. The van der Waals surface area contributed by atoms with Gasteiger partial charge in [0.1, 0.15) is 0 Å². The van der Waals surface area contributed by atoms with E-state index in [2.05, 4.69) is 52.3 Å². The van der Waals surface area contributed by atoms with E-state index in [0.29, 0.717) is 6.04 Å². The molecule has 4 rings (SSSR count). The summed E-state index contributed by atoms with van der Waals surface area (Å²) >= 11 is 0. The van der Waals surface area contributed by atoms with Gasteiger partial charge in [-0.25, -0.2) is 0 Å². The summed E-state index contributed by atoms with van der Waals surface area (Å²) in [5, 5.41) is 1.40. The molecule has 1 atom stereocenters. The molecule has 1 aromatic carbocycles. The second kappa shape index (κ2) is 8.58. The summed E-state index contributed by atoms with van der Waals surface area (Å²) in [5.74, 6) is 0.990. The van der Waals surface area contributed by atoms with E-state index in [1.807, 2.05) is 0 Å². The van der Waals surface area contributed by atoms with Crippen LogP contribution < -0.4 is 0 Å². The Hall–Kier alpha value is -1.32. The fourth-order valence-electron chi connectivity index (χ4n) is 5.01. The molecule has 1 saturated carbocycles. The topological polar surface area (TPSA) is 22.3 Å². The number of fused-ring (bicyclic) bond motifs is 1. The van der Waals surface area contributed by atoms with Gasteiger partial charge < -0.3 is 14.8 Å². The first-order chi connectivity index (χ1) is 12.8. The molecule has 0 radical (unpaired) electrons. The fraction of sp³-hybridized carbons (Fsp3) is 0.652. The van der Waals surface area contributed by atoms with Gasteiger partial charge in [0.2, 0.25) is 0 Å². The van der Waals surface area contributed by atoms with E-state index < -0.39 is 0 Å². The molecule has 26 heavy (non-hydrogen) atoms. The van der Waals surface area contributed by atoms with Gasteiger partial charge in [-0.15, -0.1) is 0 Å². The predicted octanol–water partition coefficient (Wildman–Crippen LogP) is 4.69. The quantitative estimate of drug-likeness (QED) is 0.788. The number of hydrogen-bond acceptors (Lipinski definition) is 2. The van der Waals surface area contributed by atoms with Gasteiger partial charge in [-0.1, -0.05) is 56.7 Å². The number of H-pyrrole nitrogens is 1. The summed E-state index contributed by atoms with van der Waals surface area (Å²) in [6, 6.07) is 9.35. The van der Waals surface area contributed by atoms with Crippen molar-refractivity contribution < 1.29 is 0 Å². The number of aromatic amines is 1. The van der Waals surface area contributed by atoms with Crippen LogP contribution in [0.25, 0.3) is 10.9 Å². The lowest BCUT2D eigenvalue weighted by atomic mass is 9.95. The lowest BCUT2D eigenvalue weighted by Gasteiger charge is -2.40. The van der Waals surface area contributed by atoms with Crippen molar-refractivity contribution in [1.82, 2.24) is 14.8 Å². The molecule has 3 nitrogen and oxygen atoms in total. The first-order valence-corrected chi connectivity index (χ1v) is 10.8. The van der Waals surface area contributed by atoms with Gasteiger partial charge in [0.05, 0.1) is 0 Å². The molecule has 0 unspecified atom stereocenters. The molecule has 0 amide bonds. The molecule has 142 valence electrons. The average Bonchev–Trinajstić information content (AvgIpc) is 2.88. The Morgan fingerprint density at radius 1 is 1.04 bits per heavy atom. The number of piperazine rings is 1. The van der Waals surface area contributed by atoms with E-state index in [1.54, 1.807) is 0 Å². The fourth-order valence-corrected chi connectivity index (χ4v) is 5.01. The van der Waals surface area contributed by atoms with E-state index in [1.165, 1.54) is 87.6 Å². The maximum atomic E-state index is 3.45. The van der Waals surface area contributed by atoms with Crippen LogP contribution in [-0.2, 0) is 6.42 Å². The highest BCUT2D eigenvalue weighted by Crippen LogP contribution is 2.26. The Kier molecular flexibility index (Phi) is 5.96. The lowest BCUT2D eigenvalue weighted by Crippen LogP contribution is -2.52. The molecule has 2 fully saturated rings. The van der Waals surface area contributed by atoms with Crippen molar-refractivity contribution >= 4 is 10.9 Å². The minimum absolute atomic E-state index is 0.636. The molecule has 3 heteroatoms. The number of hydrogen-bond donors (Lipinski definition) is 1. The third-order valence-corrected chi connectivity index (χ3v) is 6.82. The number of rotatable bonds is 5. The molecule has 1 aliphatic carbocycles. The van der Waals surface area contributed by atoms with Crippen LogP contribution in [0.3, 0.4) is 0 Å². The number of nitrogens with zero attached hydrogens (tertiary/aromatic N) is 2. The number of likely N-dealkylation sites (N-methyl/N-ethyl adjacent to an activating group) is 1. The third kappa shape index (κ3) is 4.32. The molecule has 1 aliphatic heterocycles. The van der Waals surface area contributed by atoms with Gasteiger partial charge in [-0.05, 0) is 44.0 Å². The van der Waals surface area contributed by atoms with Crippen LogP contribution in [0.4, 0.5) is 0 Å². The minimum atomic E-state index is 0.636. The summed E-state index contributed by atoms with van der Waals surface area (Å²) in [7, 11) is 2.31. The van der Waals surface area contributed by atoms with Gasteiger partial charge in [0.15, 0.2) is 0 Å². The van der Waals surface area contributed by atoms with Crippen LogP contribution in [-0.4, -0.2) is 54.1 Å². The van der Waals surface area contributed by atoms with Crippen molar-refractivity contribution in [3.05, 3.63) is 36.0 Å². The molecule has 1 N–H and O–H groups in total. The summed E-state index contributed by atoms with van der Waals surface area (Å²) in [5.41, 5.74) is 2.74. The Bertz CT molecular complexity index is 684. The van der Waals surface area contributed by atoms with Crippen molar-refractivity contribution in [3.8, 4) is 0 Å². The van der Waals surface area contributed by atoms with Crippen molar-refractivity contribution in [3.63, 3.8) is 0 Å². The van der Waals surface area contributed by atoms with Gasteiger partial charge in [0.25, 0.3) is 0 Å². The molecule has 0 spiro atoms. The van der Waals surface area contributed by atoms with Gasteiger partial charge in [0, 0.05) is 42.8 Å². The molecule has 1 saturated heterocycles. The van der Waals surface area contributed by atoms with Crippen molar-refractivity contribution in [2.24, 2.45) is 5.92 Å². The molecule has 0 bridgehead atoms. The highest BCUT2D eigenvalue weighted by Gasteiger charge is 2.25. The summed E-state index contributed by atoms with van der Waals surface area (Å²) in [6.07, 6.45) is 13.6. The van der Waals surface area contributed by atoms with Crippen LogP contribution in [0.2, 0.25) is 0 Å². The van der Waals surface area contributed by atoms with Crippen molar-refractivity contribution in [2.45, 2.75) is 57.4 Å². The molecular weight excluding hydrogens is 318 g/mol. The summed E-state index contributed by atoms with van der Waals surface area (Å²) in [6.45, 7) is 4.98. The number of nitrogens with one attached hydrogen (secondary N) is 1. The van der Waals surface area contributed by atoms with Gasteiger partial charge in [-0.3, -0.25) is 0 Å². The van der Waals surface area contributed by atoms with E-state index in [4.69, 9.17) is 0 Å². The standard InChI is InChI=1S/C23H35N3/c1-25-14-15-26(13-12-19-8-4-2-3-5-9-19)18-21(25)16-20-17-24-23-11-7-6-10-22(20)23/h6-7,10-11,17,19,21,24H,2-5,8-9,12-16,18H2,1H3/t21-/m0/s1. The van der Waals surface area contributed by atoms with Crippen LogP contribution in [0.5, 0.6) is 0 Å². The summed E-state index contributed by atoms with van der Waals surface area (Å²) < 4.78 is 0. The number of benzene rings is 1. The van der Waals surface area contributed by atoms with Crippen LogP contribution >= 0.6 is 0 Å². The highest BCUT2D eigenvalue weighted by molar-refractivity contribution is 5.83. The summed E-state index contributed by atoms with van der Waals surface area (Å²) in [4.78, 5) is 8.76. The van der Waals surface area contributed by atoms with E-state index in [9.17, 15) is 0 Å². The largest absolute Gasteiger partial charge is 0.361 e. The first kappa shape index (κ1) is 18.1. The van der Waals surface area contributed by atoms with Gasteiger partial charge >= 0.3 is 0 Å². The van der Waals surface area contributed by atoms with Crippen molar-refractivity contribution in [1.29, 1.82) is 0 Å². The molecule has 2 aromatic rings. The van der Waals surface area contributed by atoms with Crippen LogP contribution in [0, 0.1) is 5.92 Å². The van der Waals surface area contributed by atoms with Gasteiger partial charge in [-0.2, -0.15) is 0 Å². The molecular formula is C23H35N3. The van der Waals surface area contributed by atoms with E-state index >= 15 is 0 Å². The second-order valence-corrected chi connectivity index (χ2v) is 8.64. The minimum Gasteiger partial charge on any atom is -0.361 e. The monoisotopic (exact) mass is 353 g/mol. The SMILES string of the molecule is CN1CCN(CCC2CCCCCC2)C[C@@H]1Cc1c[nH]c2ccccc12. The first-order valence-electron chi connectivity index (χ1n) is 10.8. The van der Waals surface area contributed by atoms with Crippen LogP contribution in [0.1, 0.15) is 50.5 Å². The maximum absolute atomic E-state index is 3.45. The zero-order valence-electron chi connectivity index (χ0n) is 16.4. The molecule has 2 aliphatic rings. The van der Waals surface area contributed by atoms with Crippen molar-refractivity contribution in [2.75, 3.05) is 33.2 Å². The molecule has 2 heterocycles. The normalized spacial score (nSPS) is 24.1. The number of aromatic nitrogens is 1. The zero-order chi connectivity index (χ0) is 17.8. The average molecular weight is 354 g/mol. The third-order valence-electron chi connectivity index (χ3n) is 6.82. The Morgan fingerprint density at radius 2 is 1.85 bits per heavy atom. The second-order valence-electron chi connectivity index (χ2n) is 8.64. The molecule has 1 aromatic heterocycles. The van der Waals surface area contributed by atoms with E-state index in [0.717, 1.165) is 12.3 Å². The lowest BCUT2D eigenvalue weighted by molar-refractivity contribution is 0.0904. The zero-order valence-corrected chi connectivity index (χ0v) is 16.4. The predicted molar refractivity (Wildman–Crippen MR) is 111 cm³/mol. The van der Waals surface area contributed by atoms with E-state index in [-0.39, 0.29) is 0 Å². The van der Waals surface area contributed by atoms with Crippen LogP contribution in [0.15, 0.2) is 30.5 Å². The highest BCUT2D eigenvalue weighted by atomic mass is 15.3. The smallest absolute Gasteiger partial charge is 0.0456 e. The Morgan fingerprint density at radius 3 is 2.69 bits per heavy atom. The Balaban J connectivity index is 1.34. The Labute approximate surface area is 158 Å². The maximum Gasteiger partial charge on any atom is 0.0456 e.